The Labute approximate surface area is 549 Å². The van der Waals surface area contributed by atoms with Crippen LogP contribution in [0.1, 0.15) is 369 Å². The predicted octanol–water partition coefficient (Wildman–Crippen LogP) is 20.5. The summed E-state index contributed by atoms with van der Waals surface area (Å²) in [6.45, 7) is 7.21. The summed E-state index contributed by atoms with van der Waals surface area (Å²) >= 11 is 0. The van der Waals surface area contributed by atoms with Crippen molar-refractivity contribution in [2.75, 3.05) is 39.6 Å². The number of unbranched alkanes of at least 4 members (excludes halogenated alkanes) is 43. The Balaban J connectivity index is 5.19. The Morgan fingerprint density at radius 1 is 0.300 bits per heavy atom. The molecule has 3 N–H and O–H groups in total. The first kappa shape index (κ1) is 88.1. The Kier molecular flexibility index (Phi) is 63.0. The molecule has 0 aromatic heterocycles. The maximum absolute atomic E-state index is 13.0. The molecule has 0 fully saturated rings. The first-order chi connectivity index (χ1) is 43.5. The molecule has 0 aliphatic heterocycles. The Morgan fingerprint density at radius 2 is 0.511 bits per heavy atom. The van der Waals surface area contributed by atoms with Crippen LogP contribution in [0.3, 0.4) is 0 Å². The van der Waals surface area contributed by atoms with Gasteiger partial charge in [0.1, 0.15) is 19.3 Å². The Bertz CT molecular complexity index is 1740. The van der Waals surface area contributed by atoms with Crippen molar-refractivity contribution in [2.24, 2.45) is 5.92 Å². The molecule has 0 saturated carbocycles. The first-order valence-electron chi connectivity index (χ1n) is 37.1. The van der Waals surface area contributed by atoms with E-state index in [9.17, 15) is 43.2 Å². The summed E-state index contributed by atoms with van der Waals surface area (Å²) in [5.41, 5.74) is 0. The fourth-order valence-electron chi connectivity index (χ4n) is 10.8. The van der Waals surface area contributed by atoms with Gasteiger partial charge in [-0.2, -0.15) is 0 Å². The lowest BCUT2D eigenvalue weighted by atomic mass is 10.0. The molecule has 0 aliphatic rings. The number of carbonyl (C=O) groups is 4. The van der Waals surface area contributed by atoms with Crippen LogP contribution in [-0.2, 0) is 65.4 Å². The average molecular weight is 1330 g/mol. The van der Waals surface area contributed by atoms with E-state index in [0.29, 0.717) is 25.7 Å². The zero-order chi connectivity index (χ0) is 66.3. The second-order valence-electron chi connectivity index (χ2n) is 26.1. The number of hydrogen-bond acceptors (Lipinski definition) is 15. The third kappa shape index (κ3) is 64.8. The molecule has 0 heterocycles. The standard InChI is InChI=1S/C71H138O17P2/c1-6-9-12-15-18-20-22-24-25-26-27-28-29-31-37-42-47-52-57-71(76)88-67(61-82-69(74)55-50-45-40-35-33-32-34-39-43-48-53-64(4)5)63-86-90(79,80)84-59-65(72)58-83-89(77,78)85-62-66(60-81-68(73)54-49-44-38-17-14-11-8-3)87-70(75)56-51-46-41-36-30-23-21-19-16-13-10-7-2/h64-67,72H,6-63H2,1-5H3,(H,77,78)(H,79,80)/t65-,66+,67+/m0/s1. The van der Waals surface area contributed by atoms with Crippen LogP contribution in [0.15, 0.2) is 0 Å². The number of esters is 4. The molecule has 17 nitrogen and oxygen atoms in total. The molecule has 0 radical (unpaired) electrons. The SMILES string of the molecule is CCCCCCCCCCCCCCCCCCCCC(=O)O[C@H](COC(=O)CCCCCCCCCCCCC(C)C)COP(=O)(O)OC[C@@H](O)COP(=O)(O)OC[C@@H](COC(=O)CCCCCCCCC)OC(=O)CCCCCCCCCCCCCC. The number of hydrogen-bond donors (Lipinski definition) is 3. The van der Waals surface area contributed by atoms with Crippen LogP contribution in [0.25, 0.3) is 0 Å². The smallest absolute Gasteiger partial charge is 0.462 e. The first-order valence-corrected chi connectivity index (χ1v) is 40.1. The van der Waals surface area contributed by atoms with Gasteiger partial charge in [-0.25, -0.2) is 9.13 Å². The quantitative estimate of drug-likeness (QED) is 0.0222. The number of ether oxygens (including phenoxy) is 4. The third-order valence-corrected chi connectivity index (χ3v) is 18.4. The molecule has 0 aromatic carbocycles. The van der Waals surface area contributed by atoms with Crippen LogP contribution in [0, 0.1) is 5.92 Å². The van der Waals surface area contributed by atoms with Crippen molar-refractivity contribution in [2.45, 2.75) is 387 Å². The van der Waals surface area contributed by atoms with E-state index < -0.39 is 97.5 Å². The summed E-state index contributed by atoms with van der Waals surface area (Å²) in [5.74, 6) is -1.37. The van der Waals surface area contributed by atoms with Crippen LogP contribution in [0.4, 0.5) is 0 Å². The van der Waals surface area contributed by atoms with E-state index >= 15 is 0 Å². The Morgan fingerprint density at radius 3 is 0.756 bits per heavy atom. The number of aliphatic hydroxyl groups excluding tert-OH is 1. The second kappa shape index (κ2) is 64.4. The van der Waals surface area contributed by atoms with Crippen molar-refractivity contribution in [1.29, 1.82) is 0 Å². The van der Waals surface area contributed by atoms with Gasteiger partial charge in [0, 0.05) is 25.7 Å². The average Bonchev–Trinajstić information content (AvgIpc) is 3.73. The maximum atomic E-state index is 13.0. The van der Waals surface area contributed by atoms with Crippen LogP contribution < -0.4 is 0 Å². The Hall–Kier alpha value is -1.94. The maximum Gasteiger partial charge on any atom is 0.472 e. The normalized spacial score (nSPS) is 14.1. The van der Waals surface area contributed by atoms with E-state index in [1.54, 1.807) is 0 Å². The number of carbonyl (C=O) groups excluding carboxylic acids is 4. The van der Waals surface area contributed by atoms with Crippen LogP contribution in [0.2, 0.25) is 0 Å². The van der Waals surface area contributed by atoms with Gasteiger partial charge < -0.3 is 33.8 Å². The zero-order valence-corrected chi connectivity index (χ0v) is 60.1. The summed E-state index contributed by atoms with van der Waals surface area (Å²) in [5, 5.41) is 10.6. The summed E-state index contributed by atoms with van der Waals surface area (Å²) in [4.78, 5) is 72.4. The molecule has 0 aromatic rings. The predicted molar refractivity (Wildman–Crippen MR) is 363 cm³/mol. The van der Waals surface area contributed by atoms with Gasteiger partial charge in [-0.3, -0.25) is 37.3 Å². The van der Waals surface area contributed by atoms with Gasteiger partial charge in [-0.15, -0.1) is 0 Å². The topological polar surface area (TPSA) is 237 Å². The molecule has 0 saturated heterocycles. The highest BCUT2D eigenvalue weighted by Crippen LogP contribution is 2.45. The number of phosphoric acid groups is 2. The van der Waals surface area contributed by atoms with Crippen molar-refractivity contribution in [3.63, 3.8) is 0 Å². The van der Waals surface area contributed by atoms with Gasteiger partial charge in [0.25, 0.3) is 0 Å². The molecule has 90 heavy (non-hydrogen) atoms. The molecule has 0 aliphatic carbocycles. The van der Waals surface area contributed by atoms with Gasteiger partial charge in [-0.05, 0) is 31.6 Å². The number of aliphatic hydroxyl groups is 1. The van der Waals surface area contributed by atoms with Crippen molar-refractivity contribution in [3.05, 3.63) is 0 Å². The lowest BCUT2D eigenvalue weighted by Gasteiger charge is -2.21. The van der Waals surface area contributed by atoms with Crippen molar-refractivity contribution in [1.82, 2.24) is 0 Å². The highest BCUT2D eigenvalue weighted by molar-refractivity contribution is 7.47. The van der Waals surface area contributed by atoms with Gasteiger partial charge in [0.2, 0.25) is 0 Å². The number of rotatable bonds is 71. The summed E-state index contributed by atoms with van der Waals surface area (Å²) in [7, 11) is -9.89. The molecule has 0 rings (SSSR count). The van der Waals surface area contributed by atoms with Crippen molar-refractivity contribution in [3.8, 4) is 0 Å². The van der Waals surface area contributed by atoms with E-state index in [1.807, 2.05) is 0 Å². The molecule has 5 atom stereocenters. The van der Waals surface area contributed by atoms with E-state index in [0.717, 1.165) is 109 Å². The van der Waals surface area contributed by atoms with Crippen molar-refractivity contribution >= 4 is 39.5 Å². The minimum Gasteiger partial charge on any atom is -0.462 e. The minimum atomic E-state index is -4.95. The van der Waals surface area contributed by atoms with E-state index in [-0.39, 0.29) is 25.7 Å². The van der Waals surface area contributed by atoms with Gasteiger partial charge >= 0.3 is 39.5 Å². The van der Waals surface area contributed by atoms with Gasteiger partial charge in [0.05, 0.1) is 26.4 Å². The van der Waals surface area contributed by atoms with Crippen LogP contribution in [-0.4, -0.2) is 96.7 Å². The minimum absolute atomic E-state index is 0.107. The molecular weight excluding hydrogens is 1190 g/mol. The third-order valence-electron chi connectivity index (χ3n) is 16.5. The molecule has 534 valence electrons. The lowest BCUT2D eigenvalue weighted by molar-refractivity contribution is -0.161. The van der Waals surface area contributed by atoms with Crippen LogP contribution >= 0.6 is 15.6 Å². The fraction of sp³-hybridized carbons (Fsp3) is 0.944. The summed E-state index contributed by atoms with van der Waals surface area (Å²) < 4.78 is 68.2. The van der Waals surface area contributed by atoms with Gasteiger partial charge in [0.15, 0.2) is 12.2 Å². The molecular formula is C71H138O17P2. The van der Waals surface area contributed by atoms with E-state index in [1.165, 1.54) is 180 Å². The number of phosphoric ester groups is 2. The second-order valence-corrected chi connectivity index (χ2v) is 29.0. The molecule has 2 unspecified atom stereocenters. The molecule has 0 spiro atoms. The van der Waals surface area contributed by atoms with E-state index in [4.69, 9.17) is 37.0 Å². The fourth-order valence-corrected chi connectivity index (χ4v) is 12.4. The van der Waals surface area contributed by atoms with Crippen molar-refractivity contribution < 1.29 is 80.2 Å². The highest BCUT2D eigenvalue weighted by Gasteiger charge is 2.30. The largest absolute Gasteiger partial charge is 0.472 e. The van der Waals surface area contributed by atoms with Gasteiger partial charge in [-0.1, -0.05) is 317 Å². The van der Waals surface area contributed by atoms with Crippen LogP contribution in [0.5, 0.6) is 0 Å². The highest BCUT2D eigenvalue weighted by atomic mass is 31.2. The van der Waals surface area contributed by atoms with E-state index in [2.05, 4.69) is 34.6 Å². The molecule has 0 amide bonds. The lowest BCUT2D eigenvalue weighted by Crippen LogP contribution is -2.30. The monoisotopic (exact) mass is 1320 g/mol. The zero-order valence-electron chi connectivity index (χ0n) is 58.3. The molecule has 0 bridgehead atoms. The summed E-state index contributed by atoms with van der Waals surface area (Å²) in [6, 6.07) is 0. The molecule has 19 heteroatoms. The summed E-state index contributed by atoms with van der Waals surface area (Å²) in [6.07, 6.45) is 51.4.